The average molecular weight is 283 g/mol. The van der Waals surface area contributed by atoms with Gasteiger partial charge in [-0.25, -0.2) is 0 Å². The van der Waals surface area contributed by atoms with Crippen LogP contribution in [0.15, 0.2) is 4.99 Å². The number of nitrogens with one attached hydrogen (secondary N) is 2. The molecule has 4 nitrogen and oxygen atoms in total. The van der Waals surface area contributed by atoms with Crippen molar-refractivity contribution in [2.45, 2.75) is 45.8 Å². The van der Waals surface area contributed by atoms with Crippen molar-refractivity contribution >= 4 is 5.96 Å². The fraction of sp³-hybridized carbons (Fsp3) is 0.917. The molecule has 2 N–H and O–H groups in total. The van der Waals surface area contributed by atoms with E-state index in [9.17, 15) is 13.2 Å². The maximum Gasteiger partial charge on any atom is 0.411 e. The fourth-order valence-corrected chi connectivity index (χ4v) is 1.20. The highest BCUT2D eigenvalue weighted by molar-refractivity contribution is 5.79. The van der Waals surface area contributed by atoms with Gasteiger partial charge in [-0.15, -0.1) is 0 Å². The molecule has 0 aliphatic carbocycles. The van der Waals surface area contributed by atoms with Gasteiger partial charge in [0.1, 0.15) is 6.61 Å². The van der Waals surface area contributed by atoms with E-state index in [2.05, 4.69) is 27.3 Å². The van der Waals surface area contributed by atoms with E-state index in [0.717, 1.165) is 13.0 Å². The summed E-state index contributed by atoms with van der Waals surface area (Å²) in [6, 6.07) is 0.305. The predicted molar refractivity (Wildman–Crippen MR) is 70.4 cm³/mol. The van der Waals surface area contributed by atoms with Gasteiger partial charge in [0, 0.05) is 25.7 Å². The van der Waals surface area contributed by atoms with E-state index in [1.807, 2.05) is 13.8 Å². The smallest absolute Gasteiger partial charge is 0.372 e. The number of halogens is 3. The van der Waals surface area contributed by atoms with Crippen LogP contribution in [-0.4, -0.2) is 44.5 Å². The van der Waals surface area contributed by atoms with Gasteiger partial charge >= 0.3 is 6.18 Å². The van der Waals surface area contributed by atoms with Gasteiger partial charge < -0.3 is 15.4 Å². The maximum atomic E-state index is 11.8. The summed E-state index contributed by atoms with van der Waals surface area (Å²) in [5.41, 5.74) is 0. The van der Waals surface area contributed by atoms with E-state index in [1.165, 1.54) is 0 Å². The molecule has 0 aromatic rings. The maximum absolute atomic E-state index is 11.8. The lowest BCUT2D eigenvalue weighted by molar-refractivity contribution is -0.173. The van der Waals surface area contributed by atoms with Gasteiger partial charge in [-0.2, -0.15) is 13.2 Å². The number of hydrogen-bond acceptors (Lipinski definition) is 2. The van der Waals surface area contributed by atoms with Gasteiger partial charge in [0.2, 0.25) is 0 Å². The van der Waals surface area contributed by atoms with Crippen LogP contribution < -0.4 is 10.6 Å². The number of aliphatic imine (C=N–C) groups is 1. The van der Waals surface area contributed by atoms with Crippen LogP contribution in [0.2, 0.25) is 0 Å². The highest BCUT2D eigenvalue weighted by atomic mass is 19.4. The van der Waals surface area contributed by atoms with Crippen molar-refractivity contribution in [2.75, 3.05) is 26.3 Å². The summed E-state index contributed by atoms with van der Waals surface area (Å²) in [5.74, 6) is 0.688. The van der Waals surface area contributed by atoms with E-state index in [0.29, 0.717) is 25.0 Å². The Hall–Kier alpha value is -0.980. The zero-order chi connectivity index (χ0) is 14.7. The monoisotopic (exact) mass is 283 g/mol. The highest BCUT2D eigenvalue weighted by Gasteiger charge is 2.27. The Bertz CT molecular complexity index is 257. The summed E-state index contributed by atoms with van der Waals surface area (Å²) in [5, 5.41) is 6.28. The SMILES string of the molecule is CCNC(=NCCCOCC(F)(F)F)NC(C)CC. The van der Waals surface area contributed by atoms with Crippen molar-refractivity contribution in [3.05, 3.63) is 0 Å². The molecule has 0 saturated carbocycles. The molecule has 0 fully saturated rings. The molecule has 0 aromatic carbocycles. The van der Waals surface area contributed by atoms with Crippen LogP contribution in [-0.2, 0) is 4.74 Å². The lowest BCUT2D eigenvalue weighted by atomic mass is 10.3. The van der Waals surface area contributed by atoms with Crippen LogP contribution in [0.3, 0.4) is 0 Å². The first-order valence-corrected chi connectivity index (χ1v) is 6.58. The molecule has 0 aromatic heterocycles. The molecule has 0 rings (SSSR count). The van der Waals surface area contributed by atoms with E-state index in [4.69, 9.17) is 0 Å². The fourth-order valence-electron chi connectivity index (χ4n) is 1.20. The number of guanidine groups is 1. The number of alkyl halides is 3. The molecule has 19 heavy (non-hydrogen) atoms. The van der Waals surface area contributed by atoms with Crippen LogP contribution in [0.4, 0.5) is 13.2 Å². The molecule has 0 spiro atoms. The Labute approximate surface area is 112 Å². The van der Waals surface area contributed by atoms with E-state index < -0.39 is 12.8 Å². The Morgan fingerprint density at radius 1 is 1.32 bits per heavy atom. The minimum atomic E-state index is -4.25. The van der Waals surface area contributed by atoms with Gasteiger partial charge in [-0.3, -0.25) is 4.99 Å². The van der Waals surface area contributed by atoms with Gasteiger partial charge in [-0.05, 0) is 26.7 Å². The zero-order valence-corrected chi connectivity index (χ0v) is 11.8. The van der Waals surface area contributed by atoms with E-state index in [-0.39, 0.29) is 6.61 Å². The molecule has 1 atom stereocenters. The van der Waals surface area contributed by atoms with Crippen LogP contribution in [0.5, 0.6) is 0 Å². The van der Waals surface area contributed by atoms with Gasteiger partial charge in [0.15, 0.2) is 5.96 Å². The summed E-state index contributed by atoms with van der Waals surface area (Å²) in [6.45, 7) is 6.11. The molecule has 0 bridgehead atoms. The molecule has 0 saturated heterocycles. The first kappa shape index (κ1) is 18.0. The quantitative estimate of drug-likeness (QED) is 0.408. The lowest BCUT2D eigenvalue weighted by Gasteiger charge is -2.16. The van der Waals surface area contributed by atoms with Crippen molar-refractivity contribution in [1.82, 2.24) is 10.6 Å². The number of ether oxygens (including phenoxy) is 1. The summed E-state index contributed by atoms with van der Waals surface area (Å²) in [4.78, 5) is 4.27. The Morgan fingerprint density at radius 2 is 2.00 bits per heavy atom. The van der Waals surface area contributed by atoms with Crippen LogP contribution >= 0.6 is 0 Å². The van der Waals surface area contributed by atoms with Gasteiger partial charge in [0.25, 0.3) is 0 Å². The summed E-state index contributed by atoms with van der Waals surface area (Å²) in [7, 11) is 0. The van der Waals surface area contributed by atoms with Crippen molar-refractivity contribution in [2.24, 2.45) is 4.99 Å². The number of nitrogens with zero attached hydrogens (tertiary/aromatic N) is 1. The predicted octanol–water partition coefficient (Wildman–Crippen LogP) is 2.31. The molecular weight excluding hydrogens is 259 g/mol. The largest absolute Gasteiger partial charge is 0.411 e. The first-order chi connectivity index (χ1) is 8.89. The minimum absolute atomic E-state index is 0.0613. The molecule has 0 amide bonds. The highest BCUT2D eigenvalue weighted by Crippen LogP contribution is 2.14. The summed E-state index contributed by atoms with van der Waals surface area (Å²) < 4.78 is 39.9. The second-order valence-corrected chi connectivity index (χ2v) is 4.24. The lowest BCUT2D eigenvalue weighted by Crippen LogP contribution is -2.42. The second-order valence-electron chi connectivity index (χ2n) is 4.24. The third kappa shape index (κ3) is 11.8. The second kappa shape index (κ2) is 9.89. The third-order valence-corrected chi connectivity index (χ3v) is 2.32. The minimum Gasteiger partial charge on any atom is -0.372 e. The Balaban J connectivity index is 3.85. The van der Waals surface area contributed by atoms with Crippen LogP contribution in [0.25, 0.3) is 0 Å². The normalized spacial score (nSPS) is 14.3. The van der Waals surface area contributed by atoms with E-state index >= 15 is 0 Å². The molecular formula is C12H24F3N3O. The molecule has 0 aliphatic heterocycles. The summed E-state index contributed by atoms with van der Waals surface area (Å²) in [6.07, 6.45) is -2.82. The van der Waals surface area contributed by atoms with Crippen molar-refractivity contribution in [3.63, 3.8) is 0 Å². The van der Waals surface area contributed by atoms with Crippen molar-refractivity contribution < 1.29 is 17.9 Å². The molecule has 1 unspecified atom stereocenters. The number of rotatable bonds is 8. The molecule has 0 heterocycles. The van der Waals surface area contributed by atoms with Crippen molar-refractivity contribution in [3.8, 4) is 0 Å². The van der Waals surface area contributed by atoms with Crippen LogP contribution in [0.1, 0.15) is 33.6 Å². The molecule has 0 radical (unpaired) electrons. The number of hydrogen-bond donors (Lipinski definition) is 2. The summed E-state index contributed by atoms with van der Waals surface area (Å²) >= 11 is 0. The van der Waals surface area contributed by atoms with Gasteiger partial charge in [-0.1, -0.05) is 6.92 Å². The van der Waals surface area contributed by atoms with Crippen molar-refractivity contribution in [1.29, 1.82) is 0 Å². The molecule has 0 aliphatic rings. The van der Waals surface area contributed by atoms with Gasteiger partial charge in [0.05, 0.1) is 0 Å². The van der Waals surface area contributed by atoms with E-state index in [1.54, 1.807) is 0 Å². The Kier molecular flexibility index (Phi) is 9.38. The topological polar surface area (TPSA) is 45.7 Å². The van der Waals surface area contributed by atoms with Crippen LogP contribution in [0, 0.1) is 0 Å². The zero-order valence-electron chi connectivity index (χ0n) is 11.8. The Morgan fingerprint density at radius 3 is 2.53 bits per heavy atom. The average Bonchev–Trinajstić information content (AvgIpc) is 2.32. The first-order valence-electron chi connectivity index (χ1n) is 6.58. The standard InChI is InChI=1S/C12H24F3N3O/c1-4-10(3)18-11(16-5-2)17-7-6-8-19-9-12(13,14)15/h10H,4-9H2,1-3H3,(H2,16,17,18). The molecule has 114 valence electrons. The molecule has 7 heteroatoms. The third-order valence-electron chi connectivity index (χ3n) is 2.32.